The van der Waals surface area contributed by atoms with Crippen molar-refractivity contribution in [1.29, 1.82) is 0 Å². The topological polar surface area (TPSA) is 32.3 Å². The average molecular weight is 213 g/mol. The molecule has 1 saturated carbocycles. The number of rotatable bonds is 5. The monoisotopic (exact) mass is 213 g/mol. The summed E-state index contributed by atoms with van der Waals surface area (Å²) in [4.78, 5) is 0. The fourth-order valence-electron chi connectivity index (χ4n) is 2.58. The predicted molar refractivity (Wildman–Crippen MR) is 65.0 cm³/mol. The zero-order chi connectivity index (χ0) is 11.1. The molecule has 0 aromatic rings. The molecule has 15 heavy (non-hydrogen) atoms. The van der Waals surface area contributed by atoms with Crippen molar-refractivity contribution in [3.05, 3.63) is 0 Å². The fraction of sp³-hybridized carbons (Fsp3) is 1.00. The fourth-order valence-corrected chi connectivity index (χ4v) is 2.58. The van der Waals surface area contributed by atoms with Crippen LogP contribution in [0.3, 0.4) is 0 Å². The van der Waals surface area contributed by atoms with E-state index in [1.807, 2.05) is 0 Å². The third kappa shape index (κ3) is 3.76. The van der Waals surface area contributed by atoms with Crippen LogP contribution in [0, 0.1) is 0 Å². The van der Waals surface area contributed by atoms with Gasteiger partial charge in [-0.3, -0.25) is 0 Å². The highest BCUT2D eigenvalue weighted by atomic mass is 16.3. The van der Waals surface area contributed by atoms with Crippen molar-refractivity contribution in [1.82, 2.24) is 5.32 Å². The Kier molecular flexibility index (Phi) is 5.62. The van der Waals surface area contributed by atoms with Gasteiger partial charge in [-0.1, -0.05) is 39.5 Å². The maximum atomic E-state index is 9.51. The summed E-state index contributed by atoms with van der Waals surface area (Å²) < 4.78 is 0. The summed E-state index contributed by atoms with van der Waals surface area (Å²) in [5.74, 6) is 0. The average Bonchev–Trinajstić information content (AvgIpc) is 2.54. The van der Waals surface area contributed by atoms with Crippen molar-refractivity contribution in [3.8, 4) is 0 Å². The van der Waals surface area contributed by atoms with Crippen LogP contribution in [0.4, 0.5) is 0 Å². The second kappa shape index (κ2) is 6.49. The highest BCUT2D eigenvalue weighted by molar-refractivity contribution is 4.88. The van der Waals surface area contributed by atoms with Gasteiger partial charge in [-0.05, 0) is 25.7 Å². The summed E-state index contributed by atoms with van der Waals surface area (Å²) in [7, 11) is 0. The maximum absolute atomic E-state index is 9.51. The van der Waals surface area contributed by atoms with Crippen LogP contribution < -0.4 is 5.32 Å². The van der Waals surface area contributed by atoms with Gasteiger partial charge in [-0.25, -0.2) is 0 Å². The van der Waals surface area contributed by atoms with Gasteiger partial charge in [0.25, 0.3) is 0 Å². The lowest BCUT2D eigenvalue weighted by atomic mass is 9.91. The second-order valence-electron chi connectivity index (χ2n) is 4.98. The number of aliphatic hydroxyl groups is 1. The van der Waals surface area contributed by atoms with E-state index in [4.69, 9.17) is 0 Å². The quantitative estimate of drug-likeness (QED) is 0.688. The molecule has 0 amide bonds. The van der Waals surface area contributed by atoms with Crippen molar-refractivity contribution in [2.75, 3.05) is 6.61 Å². The molecule has 2 heteroatoms. The van der Waals surface area contributed by atoms with E-state index >= 15 is 0 Å². The van der Waals surface area contributed by atoms with Gasteiger partial charge < -0.3 is 10.4 Å². The van der Waals surface area contributed by atoms with Crippen LogP contribution >= 0.6 is 0 Å². The molecule has 0 aromatic carbocycles. The van der Waals surface area contributed by atoms with Crippen LogP contribution in [0.25, 0.3) is 0 Å². The van der Waals surface area contributed by atoms with Crippen LogP contribution in [-0.4, -0.2) is 23.3 Å². The van der Waals surface area contributed by atoms with Crippen LogP contribution in [-0.2, 0) is 0 Å². The molecule has 0 heterocycles. The normalized spacial score (nSPS) is 20.2. The molecule has 0 aromatic heterocycles. The van der Waals surface area contributed by atoms with Gasteiger partial charge >= 0.3 is 0 Å². The van der Waals surface area contributed by atoms with Gasteiger partial charge in [-0.15, -0.1) is 0 Å². The Labute approximate surface area is 94.5 Å². The van der Waals surface area contributed by atoms with Crippen LogP contribution in [0.5, 0.6) is 0 Å². The van der Waals surface area contributed by atoms with Gasteiger partial charge in [-0.2, -0.15) is 0 Å². The molecule has 1 fully saturated rings. The molecule has 0 unspecified atom stereocenters. The van der Waals surface area contributed by atoms with Crippen molar-refractivity contribution >= 4 is 0 Å². The summed E-state index contributed by atoms with van der Waals surface area (Å²) in [6, 6.07) is 0.638. The number of hydrogen-bond donors (Lipinski definition) is 2. The highest BCUT2D eigenvalue weighted by Crippen LogP contribution is 2.22. The first-order valence-electron chi connectivity index (χ1n) is 6.65. The molecule has 90 valence electrons. The molecular weight excluding hydrogens is 186 g/mol. The third-order valence-corrected chi connectivity index (χ3v) is 4.02. The summed E-state index contributed by atoms with van der Waals surface area (Å²) in [5.41, 5.74) is -0.0188. The standard InChI is InChI=1S/C13H27NO/c1-3-13(4-2,11-15)14-12-9-7-5-6-8-10-12/h12,14-15H,3-11H2,1-2H3. The van der Waals surface area contributed by atoms with Crippen molar-refractivity contribution < 1.29 is 5.11 Å². The largest absolute Gasteiger partial charge is 0.394 e. The molecule has 0 saturated heterocycles. The lowest BCUT2D eigenvalue weighted by molar-refractivity contribution is 0.134. The van der Waals surface area contributed by atoms with Gasteiger partial charge in [0, 0.05) is 11.6 Å². The summed E-state index contributed by atoms with van der Waals surface area (Å²) in [5, 5.41) is 13.2. The van der Waals surface area contributed by atoms with Crippen LogP contribution in [0.15, 0.2) is 0 Å². The SMILES string of the molecule is CCC(CC)(CO)NC1CCCCCC1. The lowest BCUT2D eigenvalue weighted by Gasteiger charge is -2.35. The van der Waals surface area contributed by atoms with E-state index in [0.717, 1.165) is 12.8 Å². The van der Waals surface area contributed by atoms with Gasteiger partial charge in [0.05, 0.1) is 6.61 Å². The van der Waals surface area contributed by atoms with E-state index in [1.165, 1.54) is 38.5 Å². The van der Waals surface area contributed by atoms with Crippen LogP contribution in [0.2, 0.25) is 0 Å². The minimum Gasteiger partial charge on any atom is -0.394 e. The molecule has 2 nitrogen and oxygen atoms in total. The molecule has 0 spiro atoms. The third-order valence-electron chi connectivity index (χ3n) is 4.02. The van der Waals surface area contributed by atoms with Gasteiger partial charge in [0.15, 0.2) is 0 Å². The Morgan fingerprint density at radius 2 is 1.60 bits per heavy atom. The van der Waals surface area contributed by atoms with E-state index in [1.54, 1.807) is 0 Å². The molecular formula is C13H27NO. The first-order valence-corrected chi connectivity index (χ1v) is 6.65. The van der Waals surface area contributed by atoms with Crippen molar-refractivity contribution in [3.63, 3.8) is 0 Å². The Morgan fingerprint density at radius 1 is 1.07 bits per heavy atom. The van der Waals surface area contributed by atoms with Crippen molar-refractivity contribution in [2.24, 2.45) is 0 Å². The first kappa shape index (κ1) is 13.0. The van der Waals surface area contributed by atoms with Crippen molar-refractivity contribution in [2.45, 2.75) is 76.8 Å². The molecule has 1 rings (SSSR count). The molecule has 0 aliphatic heterocycles. The minimum absolute atomic E-state index is 0.0188. The van der Waals surface area contributed by atoms with E-state index in [-0.39, 0.29) is 12.1 Å². The molecule has 1 aliphatic carbocycles. The second-order valence-corrected chi connectivity index (χ2v) is 4.98. The predicted octanol–water partition coefficient (Wildman–Crippen LogP) is 2.85. The van der Waals surface area contributed by atoms with E-state index in [2.05, 4.69) is 19.2 Å². The molecule has 0 radical (unpaired) electrons. The summed E-state index contributed by atoms with van der Waals surface area (Å²) in [6.45, 7) is 4.61. The van der Waals surface area contributed by atoms with Gasteiger partial charge in [0.2, 0.25) is 0 Å². The lowest BCUT2D eigenvalue weighted by Crippen LogP contribution is -2.52. The number of hydrogen-bond acceptors (Lipinski definition) is 2. The summed E-state index contributed by atoms with van der Waals surface area (Å²) in [6.07, 6.45) is 10.1. The zero-order valence-electron chi connectivity index (χ0n) is 10.4. The molecule has 0 bridgehead atoms. The van der Waals surface area contributed by atoms with E-state index < -0.39 is 0 Å². The number of aliphatic hydroxyl groups excluding tert-OH is 1. The Morgan fingerprint density at radius 3 is 2.00 bits per heavy atom. The molecule has 2 N–H and O–H groups in total. The van der Waals surface area contributed by atoms with E-state index in [0.29, 0.717) is 6.04 Å². The maximum Gasteiger partial charge on any atom is 0.0613 e. The Bertz CT molecular complexity index is 150. The number of nitrogens with one attached hydrogen (secondary N) is 1. The van der Waals surface area contributed by atoms with Crippen LogP contribution in [0.1, 0.15) is 65.2 Å². The summed E-state index contributed by atoms with van der Waals surface area (Å²) >= 11 is 0. The first-order chi connectivity index (χ1) is 7.26. The highest BCUT2D eigenvalue weighted by Gasteiger charge is 2.28. The Balaban J connectivity index is 2.48. The zero-order valence-corrected chi connectivity index (χ0v) is 10.4. The smallest absolute Gasteiger partial charge is 0.0613 e. The van der Waals surface area contributed by atoms with E-state index in [9.17, 15) is 5.11 Å². The van der Waals surface area contributed by atoms with Gasteiger partial charge in [0.1, 0.15) is 0 Å². The molecule has 0 atom stereocenters. The molecule has 1 aliphatic rings. The Hall–Kier alpha value is -0.0800. The minimum atomic E-state index is -0.0188.